The third-order valence-electron chi connectivity index (χ3n) is 3.59. The second-order valence-corrected chi connectivity index (χ2v) is 5.29. The van der Waals surface area contributed by atoms with Crippen molar-refractivity contribution in [3.63, 3.8) is 0 Å². The van der Waals surface area contributed by atoms with E-state index in [1.807, 2.05) is 37.3 Å². The Morgan fingerprint density at radius 3 is 2.13 bits per heavy atom. The minimum atomic E-state index is -0.925. The zero-order chi connectivity index (χ0) is 17.2. The lowest BCUT2D eigenvalue weighted by Gasteiger charge is -2.24. The molecule has 1 rings (SSSR count). The molecule has 0 heterocycles. The lowest BCUT2D eigenvalue weighted by atomic mass is 10.2. The number of rotatable bonds is 9. The Kier molecular flexibility index (Phi) is 7.80. The fourth-order valence-corrected chi connectivity index (χ4v) is 2.23. The van der Waals surface area contributed by atoms with Crippen LogP contribution in [0.25, 0.3) is 0 Å². The molecular weight excluding hydrogens is 296 g/mol. The van der Waals surface area contributed by atoms with Crippen molar-refractivity contribution in [3.05, 3.63) is 35.9 Å². The topological polar surface area (TPSA) is 77.9 Å². The molecule has 0 aromatic heterocycles. The summed E-state index contributed by atoms with van der Waals surface area (Å²) in [7, 11) is 0. The molecule has 23 heavy (non-hydrogen) atoms. The molecule has 0 aliphatic carbocycles. The average molecular weight is 320 g/mol. The molecule has 0 atom stereocenters. The summed E-state index contributed by atoms with van der Waals surface area (Å²) < 4.78 is 0. The average Bonchev–Trinajstić information content (AvgIpc) is 2.52. The van der Waals surface area contributed by atoms with E-state index >= 15 is 0 Å². The van der Waals surface area contributed by atoms with Crippen molar-refractivity contribution >= 4 is 17.8 Å². The minimum Gasteiger partial charge on any atom is -0.481 e. The van der Waals surface area contributed by atoms with Crippen LogP contribution in [0.5, 0.6) is 0 Å². The molecular formula is C17H24N2O4. The first kappa shape index (κ1) is 18.7. The number of hydrogen-bond donors (Lipinski definition) is 1. The predicted molar refractivity (Wildman–Crippen MR) is 86.7 cm³/mol. The van der Waals surface area contributed by atoms with Crippen LogP contribution in [-0.4, -0.2) is 52.3 Å². The van der Waals surface area contributed by atoms with Crippen molar-refractivity contribution in [1.29, 1.82) is 0 Å². The highest BCUT2D eigenvalue weighted by atomic mass is 16.4. The number of benzene rings is 1. The molecule has 0 bridgehead atoms. The first-order valence-electron chi connectivity index (χ1n) is 7.73. The third-order valence-corrected chi connectivity index (χ3v) is 3.59. The Balaban J connectivity index is 2.55. The van der Waals surface area contributed by atoms with E-state index in [4.69, 9.17) is 5.11 Å². The summed E-state index contributed by atoms with van der Waals surface area (Å²) >= 11 is 0. The maximum absolute atomic E-state index is 12.2. The van der Waals surface area contributed by atoms with Crippen LogP contribution in [0.15, 0.2) is 30.3 Å². The number of carboxylic acid groups (broad SMARTS) is 1. The van der Waals surface area contributed by atoms with Crippen molar-refractivity contribution in [2.45, 2.75) is 33.2 Å². The molecule has 6 nitrogen and oxygen atoms in total. The molecule has 0 spiro atoms. The molecule has 6 heteroatoms. The fraction of sp³-hybridized carbons (Fsp3) is 0.471. The molecule has 0 fully saturated rings. The molecule has 0 unspecified atom stereocenters. The van der Waals surface area contributed by atoms with Crippen molar-refractivity contribution < 1.29 is 19.5 Å². The number of nitrogens with zero attached hydrogens (tertiary/aromatic N) is 2. The molecule has 1 N–H and O–H groups in total. The number of aliphatic carboxylic acids is 1. The van der Waals surface area contributed by atoms with E-state index in [1.54, 1.807) is 4.90 Å². The Hall–Kier alpha value is -2.37. The maximum atomic E-state index is 12.2. The van der Waals surface area contributed by atoms with Crippen LogP contribution in [0.3, 0.4) is 0 Å². The highest BCUT2D eigenvalue weighted by Gasteiger charge is 2.16. The van der Waals surface area contributed by atoms with Gasteiger partial charge in [0.2, 0.25) is 11.8 Å². The van der Waals surface area contributed by atoms with Gasteiger partial charge in [0, 0.05) is 39.5 Å². The van der Waals surface area contributed by atoms with E-state index in [0.29, 0.717) is 19.6 Å². The molecule has 2 amide bonds. The van der Waals surface area contributed by atoms with Crippen molar-refractivity contribution in [3.8, 4) is 0 Å². The van der Waals surface area contributed by atoms with Crippen molar-refractivity contribution in [2.75, 3.05) is 19.6 Å². The Morgan fingerprint density at radius 1 is 1.00 bits per heavy atom. The second-order valence-electron chi connectivity index (χ2n) is 5.29. The van der Waals surface area contributed by atoms with Crippen LogP contribution in [0.2, 0.25) is 0 Å². The van der Waals surface area contributed by atoms with Gasteiger partial charge in [0.15, 0.2) is 0 Å². The Bertz CT molecular complexity index is 531. The van der Waals surface area contributed by atoms with E-state index in [9.17, 15) is 14.4 Å². The normalized spacial score (nSPS) is 10.2. The first-order chi connectivity index (χ1) is 10.9. The van der Waals surface area contributed by atoms with Crippen LogP contribution >= 0.6 is 0 Å². The van der Waals surface area contributed by atoms with Crippen LogP contribution in [0.1, 0.15) is 32.3 Å². The Labute approximate surface area is 136 Å². The van der Waals surface area contributed by atoms with Gasteiger partial charge < -0.3 is 14.9 Å². The minimum absolute atomic E-state index is 0.0694. The predicted octanol–water partition coefficient (Wildman–Crippen LogP) is 1.75. The van der Waals surface area contributed by atoms with Gasteiger partial charge >= 0.3 is 5.97 Å². The van der Waals surface area contributed by atoms with Gasteiger partial charge in [-0.05, 0) is 12.5 Å². The maximum Gasteiger partial charge on any atom is 0.305 e. The first-order valence-corrected chi connectivity index (χ1v) is 7.73. The summed E-state index contributed by atoms with van der Waals surface area (Å²) in [5.41, 5.74) is 1.01. The Morgan fingerprint density at radius 2 is 1.61 bits per heavy atom. The monoisotopic (exact) mass is 320 g/mol. The molecule has 0 aliphatic rings. The molecule has 126 valence electrons. The van der Waals surface area contributed by atoms with Gasteiger partial charge in [-0.3, -0.25) is 14.4 Å². The lowest BCUT2D eigenvalue weighted by Crippen LogP contribution is -2.37. The molecule has 0 saturated heterocycles. The second kappa shape index (κ2) is 9.61. The van der Waals surface area contributed by atoms with Crippen LogP contribution in [-0.2, 0) is 20.9 Å². The van der Waals surface area contributed by atoms with Gasteiger partial charge in [0.1, 0.15) is 0 Å². The van der Waals surface area contributed by atoms with Crippen molar-refractivity contribution in [1.82, 2.24) is 9.80 Å². The number of amides is 2. The van der Waals surface area contributed by atoms with Gasteiger partial charge in [-0.2, -0.15) is 0 Å². The number of carbonyl (C=O) groups is 3. The van der Waals surface area contributed by atoms with Gasteiger partial charge in [0.25, 0.3) is 0 Å². The SMILES string of the molecule is CCN(CCC(=O)O)C(=O)CCN(Cc1ccccc1)C(C)=O. The van der Waals surface area contributed by atoms with E-state index in [-0.39, 0.29) is 31.2 Å². The summed E-state index contributed by atoms with van der Waals surface area (Å²) in [6.07, 6.45) is 0.125. The molecule has 0 radical (unpaired) electrons. The van der Waals surface area contributed by atoms with Gasteiger partial charge in [-0.25, -0.2) is 0 Å². The summed E-state index contributed by atoms with van der Waals surface area (Å²) in [6.45, 7) is 4.74. The third kappa shape index (κ3) is 6.95. The highest BCUT2D eigenvalue weighted by Crippen LogP contribution is 2.07. The van der Waals surface area contributed by atoms with Crippen LogP contribution < -0.4 is 0 Å². The zero-order valence-corrected chi connectivity index (χ0v) is 13.7. The van der Waals surface area contributed by atoms with Gasteiger partial charge in [0.05, 0.1) is 6.42 Å². The quantitative estimate of drug-likeness (QED) is 0.752. The van der Waals surface area contributed by atoms with Crippen molar-refractivity contribution in [2.24, 2.45) is 0 Å². The van der Waals surface area contributed by atoms with E-state index in [1.165, 1.54) is 11.8 Å². The van der Waals surface area contributed by atoms with E-state index < -0.39 is 5.97 Å². The largest absolute Gasteiger partial charge is 0.481 e. The lowest BCUT2D eigenvalue weighted by molar-refractivity contribution is -0.138. The molecule has 1 aromatic carbocycles. The highest BCUT2D eigenvalue weighted by molar-refractivity contribution is 5.78. The standard InChI is InChI=1S/C17H24N2O4/c1-3-18(12-10-17(22)23)16(21)9-11-19(14(2)20)13-15-7-5-4-6-8-15/h4-8H,3,9-13H2,1-2H3,(H,22,23). The number of carbonyl (C=O) groups excluding carboxylic acids is 2. The number of carboxylic acids is 1. The van der Waals surface area contributed by atoms with Crippen LogP contribution in [0, 0.1) is 0 Å². The van der Waals surface area contributed by atoms with Gasteiger partial charge in [-0.15, -0.1) is 0 Å². The molecule has 0 saturated carbocycles. The van der Waals surface area contributed by atoms with Gasteiger partial charge in [-0.1, -0.05) is 30.3 Å². The van der Waals surface area contributed by atoms with E-state index in [0.717, 1.165) is 5.56 Å². The number of hydrogen-bond acceptors (Lipinski definition) is 3. The summed E-state index contributed by atoms with van der Waals surface area (Å²) in [5.74, 6) is -1.14. The van der Waals surface area contributed by atoms with Crippen LogP contribution in [0.4, 0.5) is 0 Å². The smallest absolute Gasteiger partial charge is 0.305 e. The summed E-state index contributed by atoms with van der Waals surface area (Å²) in [4.78, 5) is 37.6. The fourth-order valence-electron chi connectivity index (χ4n) is 2.23. The molecule has 1 aromatic rings. The zero-order valence-electron chi connectivity index (χ0n) is 13.7. The molecule has 0 aliphatic heterocycles. The summed E-state index contributed by atoms with van der Waals surface area (Å²) in [5, 5.41) is 8.70. The summed E-state index contributed by atoms with van der Waals surface area (Å²) in [6, 6.07) is 9.59. The van der Waals surface area contributed by atoms with E-state index in [2.05, 4.69) is 0 Å².